The van der Waals surface area contributed by atoms with Crippen molar-refractivity contribution in [3.05, 3.63) is 36.2 Å². The summed E-state index contributed by atoms with van der Waals surface area (Å²) in [4.78, 5) is 7.83. The molecular formula is C14H14N2O. The lowest BCUT2D eigenvalue weighted by Crippen LogP contribution is -1.86. The number of pyridine rings is 1. The molecule has 0 aliphatic heterocycles. The molecule has 3 aromatic rings. The smallest absolute Gasteiger partial charge is 0.120 e. The highest BCUT2D eigenvalue weighted by atomic mass is 16.5. The Hall–Kier alpha value is -2.03. The van der Waals surface area contributed by atoms with Crippen LogP contribution in [0.3, 0.4) is 0 Å². The molecule has 0 fully saturated rings. The topological polar surface area (TPSA) is 37.9 Å². The standard InChI is InChI=1S/C14H14N2O/c1-3-12-14-11(6-7-15-12)10-5-4-9(17-2)8-13(10)16-14/h4-8,16H,3H2,1-2H3. The number of aromatic amines is 1. The molecule has 0 aliphatic carbocycles. The molecule has 0 saturated carbocycles. The van der Waals surface area contributed by atoms with Crippen LogP contribution in [0, 0.1) is 0 Å². The lowest BCUT2D eigenvalue weighted by Gasteiger charge is -1.98. The van der Waals surface area contributed by atoms with E-state index in [0.29, 0.717) is 0 Å². The van der Waals surface area contributed by atoms with Gasteiger partial charge in [0.1, 0.15) is 5.75 Å². The lowest BCUT2D eigenvalue weighted by molar-refractivity contribution is 0.415. The number of ether oxygens (including phenoxy) is 1. The van der Waals surface area contributed by atoms with Crippen LogP contribution in [0.25, 0.3) is 21.8 Å². The maximum atomic E-state index is 5.24. The van der Waals surface area contributed by atoms with Gasteiger partial charge < -0.3 is 9.72 Å². The van der Waals surface area contributed by atoms with Crippen molar-refractivity contribution in [2.75, 3.05) is 7.11 Å². The van der Waals surface area contributed by atoms with E-state index in [1.54, 1.807) is 7.11 Å². The number of nitrogens with zero attached hydrogens (tertiary/aromatic N) is 1. The number of hydrogen-bond acceptors (Lipinski definition) is 2. The van der Waals surface area contributed by atoms with Crippen molar-refractivity contribution >= 4 is 21.8 Å². The molecule has 17 heavy (non-hydrogen) atoms. The Morgan fingerprint density at radius 1 is 1.24 bits per heavy atom. The van der Waals surface area contributed by atoms with E-state index < -0.39 is 0 Å². The van der Waals surface area contributed by atoms with Crippen LogP contribution in [-0.4, -0.2) is 17.1 Å². The fourth-order valence-electron chi connectivity index (χ4n) is 2.26. The summed E-state index contributed by atoms with van der Waals surface area (Å²) in [5, 5.41) is 2.45. The maximum Gasteiger partial charge on any atom is 0.120 e. The van der Waals surface area contributed by atoms with Crippen LogP contribution < -0.4 is 4.74 Å². The highest BCUT2D eigenvalue weighted by Gasteiger charge is 2.08. The van der Waals surface area contributed by atoms with Crippen molar-refractivity contribution < 1.29 is 4.74 Å². The number of aryl methyl sites for hydroxylation is 1. The first-order chi connectivity index (χ1) is 8.33. The molecule has 0 radical (unpaired) electrons. The minimum absolute atomic E-state index is 0.870. The normalized spacial score (nSPS) is 11.2. The van der Waals surface area contributed by atoms with E-state index in [0.717, 1.165) is 28.9 Å². The van der Waals surface area contributed by atoms with Crippen molar-refractivity contribution in [1.29, 1.82) is 0 Å². The van der Waals surface area contributed by atoms with Crippen molar-refractivity contribution in [2.24, 2.45) is 0 Å². The summed E-state index contributed by atoms with van der Waals surface area (Å²) in [5.74, 6) is 0.870. The second kappa shape index (κ2) is 3.77. The van der Waals surface area contributed by atoms with Gasteiger partial charge in [-0.15, -0.1) is 0 Å². The van der Waals surface area contributed by atoms with Crippen LogP contribution in [0.15, 0.2) is 30.5 Å². The molecule has 0 spiro atoms. The van der Waals surface area contributed by atoms with Gasteiger partial charge in [0.25, 0.3) is 0 Å². The highest BCUT2D eigenvalue weighted by molar-refractivity contribution is 6.08. The molecule has 0 unspecified atom stereocenters. The summed E-state index contributed by atoms with van der Waals surface area (Å²) in [6.45, 7) is 2.12. The van der Waals surface area contributed by atoms with E-state index >= 15 is 0 Å². The molecule has 2 aromatic heterocycles. The van der Waals surface area contributed by atoms with Gasteiger partial charge in [-0.3, -0.25) is 4.98 Å². The zero-order chi connectivity index (χ0) is 11.8. The van der Waals surface area contributed by atoms with E-state index in [2.05, 4.69) is 29.0 Å². The third-order valence-corrected chi connectivity index (χ3v) is 3.14. The Morgan fingerprint density at radius 2 is 2.12 bits per heavy atom. The van der Waals surface area contributed by atoms with Gasteiger partial charge in [-0.1, -0.05) is 6.92 Å². The van der Waals surface area contributed by atoms with Gasteiger partial charge in [-0.05, 0) is 24.6 Å². The molecule has 3 rings (SSSR count). The second-order valence-corrected chi connectivity index (χ2v) is 4.07. The predicted molar refractivity (Wildman–Crippen MR) is 69.5 cm³/mol. The van der Waals surface area contributed by atoms with Crippen molar-refractivity contribution in [3.63, 3.8) is 0 Å². The molecule has 3 heteroatoms. The Labute approximate surface area is 99.4 Å². The van der Waals surface area contributed by atoms with Crippen molar-refractivity contribution in [1.82, 2.24) is 9.97 Å². The molecule has 0 bridgehead atoms. The molecule has 0 aliphatic rings. The number of nitrogens with one attached hydrogen (secondary N) is 1. The van der Waals surface area contributed by atoms with Crippen LogP contribution in [-0.2, 0) is 6.42 Å². The Bertz CT molecular complexity index is 685. The van der Waals surface area contributed by atoms with E-state index in [1.807, 2.05) is 18.3 Å². The quantitative estimate of drug-likeness (QED) is 0.728. The van der Waals surface area contributed by atoms with E-state index in [9.17, 15) is 0 Å². The van der Waals surface area contributed by atoms with Crippen LogP contribution in [0.5, 0.6) is 5.75 Å². The summed E-state index contributed by atoms with van der Waals surface area (Å²) in [6, 6.07) is 8.16. The average Bonchev–Trinajstić information content (AvgIpc) is 2.75. The van der Waals surface area contributed by atoms with Crippen LogP contribution in [0.4, 0.5) is 0 Å². The molecule has 0 saturated heterocycles. The Morgan fingerprint density at radius 3 is 2.88 bits per heavy atom. The van der Waals surface area contributed by atoms with Gasteiger partial charge in [0.2, 0.25) is 0 Å². The van der Waals surface area contributed by atoms with Crippen molar-refractivity contribution in [2.45, 2.75) is 13.3 Å². The zero-order valence-corrected chi connectivity index (χ0v) is 9.95. The molecule has 0 amide bonds. The first kappa shape index (κ1) is 10.1. The van der Waals surface area contributed by atoms with E-state index in [1.165, 1.54) is 10.8 Å². The largest absolute Gasteiger partial charge is 0.497 e. The van der Waals surface area contributed by atoms with Gasteiger partial charge in [0.15, 0.2) is 0 Å². The number of H-pyrrole nitrogens is 1. The van der Waals surface area contributed by atoms with E-state index in [4.69, 9.17) is 4.74 Å². The molecule has 1 N–H and O–H groups in total. The summed E-state index contributed by atoms with van der Waals surface area (Å²) < 4.78 is 5.24. The zero-order valence-electron chi connectivity index (χ0n) is 9.95. The Balaban J connectivity index is 2.40. The minimum Gasteiger partial charge on any atom is -0.497 e. The fraction of sp³-hybridized carbons (Fsp3) is 0.214. The molecular weight excluding hydrogens is 212 g/mol. The SMILES string of the molecule is CCc1nccc2c1[nH]c1cc(OC)ccc12. The average molecular weight is 226 g/mol. The minimum atomic E-state index is 0.870. The van der Waals surface area contributed by atoms with Gasteiger partial charge in [0, 0.05) is 23.0 Å². The molecule has 3 nitrogen and oxygen atoms in total. The van der Waals surface area contributed by atoms with Crippen LogP contribution in [0.1, 0.15) is 12.6 Å². The molecule has 1 aromatic carbocycles. The third-order valence-electron chi connectivity index (χ3n) is 3.14. The van der Waals surface area contributed by atoms with Crippen LogP contribution in [0.2, 0.25) is 0 Å². The predicted octanol–water partition coefficient (Wildman–Crippen LogP) is 3.29. The number of rotatable bonds is 2. The highest BCUT2D eigenvalue weighted by Crippen LogP contribution is 2.29. The number of aromatic nitrogens is 2. The van der Waals surface area contributed by atoms with Gasteiger partial charge >= 0.3 is 0 Å². The number of hydrogen-bond donors (Lipinski definition) is 1. The Kier molecular flexibility index (Phi) is 2.25. The molecule has 2 heterocycles. The summed E-state index contributed by atoms with van der Waals surface area (Å²) in [7, 11) is 1.68. The summed E-state index contributed by atoms with van der Waals surface area (Å²) >= 11 is 0. The summed E-state index contributed by atoms with van der Waals surface area (Å²) in [6.07, 6.45) is 2.81. The lowest BCUT2D eigenvalue weighted by atomic mass is 10.1. The number of benzene rings is 1. The second-order valence-electron chi connectivity index (χ2n) is 4.07. The third kappa shape index (κ3) is 1.46. The fourth-order valence-corrected chi connectivity index (χ4v) is 2.26. The van der Waals surface area contributed by atoms with E-state index in [-0.39, 0.29) is 0 Å². The first-order valence-corrected chi connectivity index (χ1v) is 5.76. The first-order valence-electron chi connectivity index (χ1n) is 5.76. The maximum absolute atomic E-state index is 5.24. The van der Waals surface area contributed by atoms with Crippen LogP contribution >= 0.6 is 0 Å². The van der Waals surface area contributed by atoms with Gasteiger partial charge in [0.05, 0.1) is 23.8 Å². The molecule has 0 atom stereocenters. The monoisotopic (exact) mass is 226 g/mol. The number of methoxy groups -OCH3 is 1. The molecule has 86 valence electrons. The van der Waals surface area contributed by atoms with Gasteiger partial charge in [-0.25, -0.2) is 0 Å². The number of fused-ring (bicyclic) bond motifs is 3. The van der Waals surface area contributed by atoms with Crippen molar-refractivity contribution in [3.8, 4) is 5.75 Å². The van der Waals surface area contributed by atoms with Gasteiger partial charge in [-0.2, -0.15) is 0 Å². The summed E-state index contributed by atoms with van der Waals surface area (Å²) in [5.41, 5.74) is 3.35.